The lowest BCUT2D eigenvalue weighted by Crippen LogP contribution is -2.37. The quantitative estimate of drug-likeness (QED) is 0.284. The Kier molecular flexibility index (Phi) is 18.7. The molecule has 0 spiro atoms. The van der Waals surface area contributed by atoms with Crippen LogP contribution in [0.25, 0.3) is 0 Å². The summed E-state index contributed by atoms with van der Waals surface area (Å²) in [4.78, 5) is 37.1. The number of likely N-dealkylation sites (tertiary alicyclic amines) is 2. The van der Waals surface area contributed by atoms with Gasteiger partial charge in [-0.1, -0.05) is 0 Å². The SMILES string of the molecule is C1CC(CNC2CCOC2)CN1.CC(C)(C)OC(=O)N1CCC(CN)C1.CC(C)(C)OC(=O)N1CCC(CNC2CCOC2)C1.O=C1[CH+]COC1. The average Bonchev–Trinajstić information content (AvgIpc) is 3.91. The molecule has 0 bridgehead atoms. The molecule has 5 unspecified atom stereocenters. The van der Waals surface area contributed by atoms with Crippen molar-refractivity contribution in [2.24, 2.45) is 23.5 Å². The second-order valence-corrected chi connectivity index (χ2v) is 16.4. The Morgan fingerprint density at radius 2 is 1.33 bits per heavy atom. The van der Waals surface area contributed by atoms with E-state index < -0.39 is 11.2 Å². The van der Waals surface area contributed by atoms with Crippen LogP contribution in [0.15, 0.2) is 0 Å². The van der Waals surface area contributed by atoms with Gasteiger partial charge in [0.25, 0.3) is 0 Å². The van der Waals surface area contributed by atoms with Gasteiger partial charge in [0.15, 0.2) is 19.6 Å². The van der Waals surface area contributed by atoms with E-state index in [1.807, 2.05) is 46.4 Å². The van der Waals surface area contributed by atoms with Crippen LogP contribution in [-0.2, 0) is 28.5 Å². The number of hydrogen-bond acceptors (Lipinski definition) is 12. The van der Waals surface area contributed by atoms with Crippen LogP contribution in [0.5, 0.6) is 0 Å². The molecule has 0 saturated carbocycles. The summed E-state index contributed by atoms with van der Waals surface area (Å²) in [7, 11) is 0. The highest BCUT2D eigenvalue weighted by Crippen LogP contribution is 2.20. The topological polar surface area (TPSA) is 166 Å². The molecular formula is C37H69N6O8+. The van der Waals surface area contributed by atoms with Gasteiger partial charge in [0, 0.05) is 58.0 Å². The van der Waals surface area contributed by atoms with Crippen molar-refractivity contribution in [3.05, 3.63) is 6.42 Å². The maximum absolute atomic E-state index is 11.9. The molecule has 51 heavy (non-hydrogen) atoms. The van der Waals surface area contributed by atoms with Gasteiger partial charge >= 0.3 is 18.0 Å². The Morgan fingerprint density at radius 3 is 1.71 bits per heavy atom. The fraction of sp³-hybridized carbons (Fsp3) is 0.892. The van der Waals surface area contributed by atoms with E-state index in [0.29, 0.717) is 43.7 Å². The summed E-state index contributed by atoms with van der Waals surface area (Å²) < 4.78 is 25.9. The Morgan fingerprint density at radius 1 is 0.804 bits per heavy atom. The Labute approximate surface area is 306 Å². The molecule has 6 rings (SSSR count). The zero-order valence-corrected chi connectivity index (χ0v) is 32.3. The van der Waals surface area contributed by atoms with Gasteiger partial charge in [0.1, 0.15) is 11.2 Å². The van der Waals surface area contributed by atoms with Crippen molar-refractivity contribution in [3.8, 4) is 0 Å². The van der Waals surface area contributed by atoms with E-state index in [1.54, 1.807) is 11.3 Å². The molecule has 6 saturated heterocycles. The van der Waals surface area contributed by atoms with E-state index in [0.717, 1.165) is 84.3 Å². The number of ether oxygens (including phenoxy) is 5. The van der Waals surface area contributed by atoms with Gasteiger partial charge in [0.2, 0.25) is 0 Å². The predicted octanol–water partition coefficient (Wildman–Crippen LogP) is 2.59. The first-order valence-electron chi connectivity index (χ1n) is 19.1. The molecule has 14 nitrogen and oxygen atoms in total. The standard InChI is InChI=1S/C14H26N2O3.C10H20N2O2.C9H18N2O.C4H5O2/c1-14(2,3)19-13(17)16-6-4-11(9-16)8-15-12-5-7-18-10-12;1-10(2,3)14-9(13)12-5-4-8(6-11)7-12;1-3-10-5-8(1)6-11-9-2-4-12-7-9;5-4-1-2-6-3-4/h11-12,15H,4-10H2,1-3H3;8H,4-7,11H2,1-3H3;8-11H,1-7H2;1H,2-3H2/q;;;+1. The minimum atomic E-state index is -0.408. The lowest BCUT2D eigenvalue weighted by atomic mass is 10.1. The molecule has 0 aliphatic carbocycles. The van der Waals surface area contributed by atoms with Crippen molar-refractivity contribution < 1.29 is 38.1 Å². The van der Waals surface area contributed by atoms with Crippen molar-refractivity contribution >= 4 is 18.0 Å². The number of nitrogens with one attached hydrogen (secondary N) is 3. The lowest BCUT2D eigenvalue weighted by molar-refractivity contribution is -0.115. The van der Waals surface area contributed by atoms with Gasteiger partial charge in [0.05, 0.1) is 13.2 Å². The number of hydrogen-bond donors (Lipinski definition) is 4. The number of amides is 2. The number of rotatable bonds is 7. The number of carbonyl (C=O) groups excluding carboxylic acids is 3. The third kappa shape index (κ3) is 18.4. The molecule has 294 valence electrons. The molecule has 0 aromatic carbocycles. The van der Waals surface area contributed by atoms with Crippen molar-refractivity contribution in [1.82, 2.24) is 25.8 Å². The second-order valence-electron chi connectivity index (χ2n) is 16.4. The van der Waals surface area contributed by atoms with E-state index in [1.165, 1.54) is 32.5 Å². The van der Waals surface area contributed by atoms with Gasteiger partial charge in [-0.3, -0.25) is 0 Å². The summed E-state index contributed by atoms with van der Waals surface area (Å²) in [5.74, 6) is 1.94. The lowest BCUT2D eigenvalue weighted by Gasteiger charge is -2.24. The summed E-state index contributed by atoms with van der Waals surface area (Å²) in [6.07, 6.45) is 6.83. The van der Waals surface area contributed by atoms with Crippen molar-refractivity contribution in [3.63, 3.8) is 0 Å². The van der Waals surface area contributed by atoms with Crippen LogP contribution in [0.3, 0.4) is 0 Å². The smallest absolute Gasteiger partial charge is 0.410 e. The molecule has 0 aromatic heterocycles. The van der Waals surface area contributed by atoms with Crippen LogP contribution in [0.2, 0.25) is 0 Å². The second kappa shape index (κ2) is 22.1. The molecular weight excluding hydrogens is 656 g/mol. The summed E-state index contributed by atoms with van der Waals surface area (Å²) >= 11 is 0. The molecule has 5 N–H and O–H groups in total. The van der Waals surface area contributed by atoms with Gasteiger partial charge in [-0.05, 0) is 118 Å². The maximum atomic E-state index is 11.9. The molecule has 6 heterocycles. The first-order valence-corrected chi connectivity index (χ1v) is 19.1. The van der Waals surface area contributed by atoms with E-state index in [-0.39, 0.29) is 18.0 Å². The number of carbonyl (C=O) groups is 3. The number of nitrogens with zero attached hydrogens (tertiary/aromatic N) is 2. The summed E-state index contributed by atoms with van der Waals surface area (Å²) in [5.41, 5.74) is 4.73. The van der Waals surface area contributed by atoms with Gasteiger partial charge in [-0.25, -0.2) is 14.4 Å². The van der Waals surface area contributed by atoms with Crippen LogP contribution < -0.4 is 21.7 Å². The molecule has 14 heteroatoms. The highest BCUT2D eigenvalue weighted by atomic mass is 16.6. The average molecular weight is 726 g/mol. The summed E-state index contributed by atoms with van der Waals surface area (Å²) in [6, 6.07) is 1.13. The normalized spacial score (nSPS) is 27.5. The molecule has 6 fully saturated rings. The summed E-state index contributed by atoms with van der Waals surface area (Å²) in [6.45, 7) is 24.0. The van der Waals surface area contributed by atoms with Crippen molar-refractivity contribution in [2.45, 2.75) is 96.9 Å². The molecule has 5 atom stereocenters. The number of Topliss-reactive ketones (excluding diaryl/α,β-unsaturated/α-hetero) is 1. The highest BCUT2D eigenvalue weighted by Gasteiger charge is 2.31. The third-order valence-corrected chi connectivity index (χ3v) is 9.29. The monoisotopic (exact) mass is 726 g/mol. The first kappa shape index (κ1) is 43.2. The highest BCUT2D eigenvalue weighted by molar-refractivity contribution is 5.89. The van der Waals surface area contributed by atoms with Gasteiger partial charge in [-0.2, -0.15) is 0 Å². The Balaban J connectivity index is 0.000000195. The molecule has 2 amide bonds. The van der Waals surface area contributed by atoms with E-state index >= 15 is 0 Å². The predicted molar refractivity (Wildman–Crippen MR) is 196 cm³/mol. The first-order chi connectivity index (χ1) is 24.2. The minimum absolute atomic E-state index is 0.106. The van der Waals surface area contributed by atoms with Crippen molar-refractivity contribution in [2.75, 3.05) is 98.5 Å². The van der Waals surface area contributed by atoms with Crippen LogP contribution in [-0.4, -0.2) is 150 Å². The van der Waals surface area contributed by atoms with E-state index in [4.69, 9.17) is 24.7 Å². The molecule has 6 aliphatic heterocycles. The number of ketones is 1. The largest absolute Gasteiger partial charge is 0.444 e. The third-order valence-electron chi connectivity index (χ3n) is 9.29. The fourth-order valence-corrected chi connectivity index (χ4v) is 6.33. The Hall–Kier alpha value is -2.20. The molecule has 6 aliphatic rings. The van der Waals surface area contributed by atoms with Crippen LogP contribution in [0, 0.1) is 24.2 Å². The van der Waals surface area contributed by atoms with Crippen LogP contribution in [0.1, 0.15) is 73.6 Å². The van der Waals surface area contributed by atoms with Crippen LogP contribution >= 0.6 is 0 Å². The minimum Gasteiger partial charge on any atom is -0.444 e. The zero-order chi connectivity index (χ0) is 37.3. The summed E-state index contributed by atoms with van der Waals surface area (Å²) in [5, 5.41) is 10.5. The van der Waals surface area contributed by atoms with Crippen molar-refractivity contribution in [1.29, 1.82) is 0 Å². The molecule has 0 radical (unpaired) electrons. The van der Waals surface area contributed by atoms with Gasteiger partial charge < -0.3 is 55.2 Å². The fourth-order valence-electron chi connectivity index (χ4n) is 6.33. The van der Waals surface area contributed by atoms with E-state index in [9.17, 15) is 14.4 Å². The zero-order valence-electron chi connectivity index (χ0n) is 32.3. The maximum Gasteiger partial charge on any atom is 0.410 e. The Bertz CT molecular complexity index is 996. The van der Waals surface area contributed by atoms with Crippen LogP contribution in [0.4, 0.5) is 9.59 Å². The molecule has 0 aromatic rings. The van der Waals surface area contributed by atoms with Gasteiger partial charge in [-0.15, -0.1) is 0 Å². The number of nitrogens with two attached hydrogens (primary N) is 1. The van der Waals surface area contributed by atoms with E-state index in [2.05, 4.69) is 20.7 Å².